The first kappa shape index (κ1) is 11.1. The van der Waals surface area contributed by atoms with Gasteiger partial charge in [0.1, 0.15) is 11.8 Å². The molecule has 15 heavy (non-hydrogen) atoms. The number of aryl methyl sites for hydroxylation is 1. The summed E-state index contributed by atoms with van der Waals surface area (Å²) < 4.78 is 6.52. The van der Waals surface area contributed by atoms with Gasteiger partial charge in [-0.25, -0.2) is 4.79 Å². The first-order valence-corrected chi connectivity index (χ1v) is 4.61. The van der Waals surface area contributed by atoms with Crippen molar-refractivity contribution < 1.29 is 9.53 Å². The lowest BCUT2D eigenvalue weighted by Crippen LogP contribution is -2.17. The fourth-order valence-corrected chi connectivity index (χ4v) is 1.18. The number of carbonyl (C=O) groups excluding carboxylic acids is 1. The number of aromatic nitrogens is 1. The van der Waals surface area contributed by atoms with Crippen LogP contribution in [-0.2, 0) is 11.8 Å². The third-order valence-corrected chi connectivity index (χ3v) is 2.00. The molecule has 1 unspecified atom stereocenters. The highest BCUT2D eigenvalue weighted by atomic mass is 16.5. The minimum absolute atomic E-state index is 0.348. The number of nitrogens with two attached hydrogens (primary N) is 1. The SMILES string of the molecule is CCC(C#N)OC(=O)c1cc(N)cn1C. The average Bonchev–Trinajstić information content (AvgIpc) is 2.54. The summed E-state index contributed by atoms with van der Waals surface area (Å²) >= 11 is 0. The maximum atomic E-state index is 11.6. The fraction of sp³-hybridized carbons (Fsp3) is 0.400. The molecular weight excluding hydrogens is 194 g/mol. The summed E-state index contributed by atoms with van der Waals surface area (Å²) in [6.07, 6.45) is 1.39. The van der Waals surface area contributed by atoms with Gasteiger partial charge in [0.2, 0.25) is 0 Å². The van der Waals surface area contributed by atoms with Gasteiger partial charge in [0.05, 0.1) is 5.69 Å². The monoisotopic (exact) mass is 207 g/mol. The number of hydrogen-bond acceptors (Lipinski definition) is 4. The predicted molar refractivity (Wildman–Crippen MR) is 54.9 cm³/mol. The van der Waals surface area contributed by atoms with Crippen molar-refractivity contribution in [2.75, 3.05) is 5.73 Å². The quantitative estimate of drug-likeness (QED) is 0.751. The highest BCUT2D eigenvalue weighted by molar-refractivity contribution is 5.89. The number of esters is 1. The molecule has 0 aliphatic carbocycles. The summed E-state index contributed by atoms with van der Waals surface area (Å²) in [7, 11) is 1.69. The second-order valence-corrected chi connectivity index (χ2v) is 3.20. The molecule has 0 aliphatic heterocycles. The maximum Gasteiger partial charge on any atom is 0.356 e. The second kappa shape index (κ2) is 4.51. The fourth-order valence-electron chi connectivity index (χ4n) is 1.18. The molecule has 1 atom stereocenters. The number of ether oxygens (including phenoxy) is 1. The number of rotatable bonds is 3. The van der Waals surface area contributed by atoms with E-state index in [-0.39, 0.29) is 0 Å². The van der Waals surface area contributed by atoms with E-state index in [0.29, 0.717) is 17.8 Å². The van der Waals surface area contributed by atoms with Crippen molar-refractivity contribution in [1.82, 2.24) is 4.57 Å². The number of nitriles is 1. The van der Waals surface area contributed by atoms with Gasteiger partial charge in [0, 0.05) is 13.2 Å². The van der Waals surface area contributed by atoms with E-state index in [4.69, 9.17) is 15.7 Å². The summed E-state index contributed by atoms with van der Waals surface area (Å²) in [4.78, 5) is 11.6. The van der Waals surface area contributed by atoms with Crippen LogP contribution in [0.25, 0.3) is 0 Å². The molecule has 0 spiro atoms. The van der Waals surface area contributed by atoms with Gasteiger partial charge < -0.3 is 15.0 Å². The second-order valence-electron chi connectivity index (χ2n) is 3.20. The summed E-state index contributed by atoms with van der Waals surface area (Å²) in [5.74, 6) is -0.525. The summed E-state index contributed by atoms with van der Waals surface area (Å²) in [5.41, 5.74) is 6.36. The van der Waals surface area contributed by atoms with Gasteiger partial charge in [0.15, 0.2) is 6.10 Å². The van der Waals surface area contributed by atoms with Gasteiger partial charge in [-0.1, -0.05) is 6.92 Å². The summed E-state index contributed by atoms with van der Waals surface area (Å²) in [6, 6.07) is 3.42. The van der Waals surface area contributed by atoms with E-state index >= 15 is 0 Å². The van der Waals surface area contributed by atoms with Gasteiger partial charge >= 0.3 is 5.97 Å². The van der Waals surface area contributed by atoms with Crippen LogP contribution in [0.2, 0.25) is 0 Å². The van der Waals surface area contributed by atoms with Crippen LogP contribution in [0.3, 0.4) is 0 Å². The van der Waals surface area contributed by atoms with Crippen molar-refractivity contribution in [3.8, 4) is 6.07 Å². The van der Waals surface area contributed by atoms with E-state index in [9.17, 15) is 4.79 Å². The maximum absolute atomic E-state index is 11.6. The van der Waals surface area contributed by atoms with Gasteiger partial charge in [-0.2, -0.15) is 5.26 Å². The molecule has 0 aliphatic rings. The average molecular weight is 207 g/mol. The molecule has 0 saturated heterocycles. The Hall–Kier alpha value is -1.96. The van der Waals surface area contributed by atoms with Crippen LogP contribution >= 0.6 is 0 Å². The van der Waals surface area contributed by atoms with E-state index in [0.717, 1.165) is 0 Å². The lowest BCUT2D eigenvalue weighted by atomic mass is 10.3. The van der Waals surface area contributed by atoms with Crippen molar-refractivity contribution >= 4 is 11.7 Å². The van der Waals surface area contributed by atoms with E-state index < -0.39 is 12.1 Å². The van der Waals surface area contributed by atoms with Crippen molar-refractivity contribution in [1.29, 1.82) is 5.26 Å². The normalized spacial score (nSPS) is 11.8. The van der Waals surface area contributed by atoms with Crippen molar-refractivity contribution in [3.63, 3.8) is 0 Å². The van der Waals surface area contributed by atoms with E-state index in [1.54, 1.807) is 24.7 Å². The molecule has 0 radical (unpaired) electrons. The van der Waals surface area contributed by atoms with E-state index in [1.807, 2.05) is 6.07 Å². The number of hydrogen-bond donors (Lipinski definition) is 1. The zero-order valence-electron chi connectivity index (χ0n) is 8.73. The Kier molecular flexibility index (Phi) is 3.34. The van der Waals surface area contributed by atoms with Crippen LogP contribution in [0.1, 0.15) is 23.8 Å². The topological polar surface area (TPSA) is 81.0 Å². The Bertz CT molecular complexity index is 403. The smallest absolute Gasteiger partial charge is 0.356 e. The Balaban J connectivity index is 2.78. The zero-order chi connectivity index (χ0) is 11.4. The lowest BCUT2D eigenvalue weighted by Gasteiger charge is -2.08. The Morgan fingerprint density at radius 1 is 1.80 bits per heavy atom. The first-order valence-electron chi connectivity index (χ1n) is 4.61. The van der Waals surface area contributed by atoms with Crippen molar-refractivity contribution in [2.45, 2.75) is 19.4 Å². The third-order valence-electron chi connectivity index (χ3n) is 2.00. The van der Waals surface area contributed by atoms with Crippen LogP contribution < -0.4 is 5.73 Å². The number of nitrogens with zero attached hydrogens (tertiary/aromatic N) is 2. The standard InChI is InChI=1S/C10H13N3O2/c1-3-8(5-11)15-10(14)9-4-7(12)6-13(9)2/h4,6,8H,3,12H2,1-2H3. The van der Waals surface area contributed by atoms with E-state index in [1.165, 1.54) is 6.07 Å². The number of anilines is 1. The number of nitrogen functional groups attached to an aromatic ring is 1. The van der Waals surface area contributed by atoms with Crippen LogP contribution in [0.4, 0.5) is 5.69 Å². The molecule has 0 amide bonds. The molecule has 0 fully saturated rings. The van der Waals surface area contributed by atoms with Gasteiger partial charge in [-0.3, -0.25) is 0 Å². The Labute approximate surface area is 88.0 Å². The van der Waals surface area contributed by atoms with Gasteiger partial charge in [0.25, 0.3) is 0 Å². The lowest BCUT2D eigenvalue weighted by molar-refractivity contribution is 0.0390. The van der Waals surface area contributed by atoms with Crippen LogP contribution in [0, 0.1) is 11.3 Å². The third kappa shape index (κ3) is 2.50. The van der Waals surface area contributed by atoms with Crippen LogP contribution in [-0.4, -0.2) is 16.6 Å². The zero-order valence-corrected chi connectivity index (χ0v) is 8.73. The molecule has 2 N–H and O–H groups in total. The molecular formula is C10H13N3O2. The minimum Gasteiger partial charge on any atom is -0.442 e. The molecule has 0 saturated carbocycles. The largest absolute Gasteiger partial charge is 0.442 e. The van der Waals surface area contributed by atoms with Crippen LogP contribution in [0.15, 0.2) is 12.3 Å². The van der Waals surface area contributed by atoms with Crippen molar-refractivity contribution in [3.05, 3.63) is 18.0 Å². The van der Waals surface area contributed by atoms with Gasteiger partial charge in [-0.05, 0) is 12.5 Å². The molecule has 5 heteroatoms. The van der Waals surface area contributed by atoms with Gasteiger partial charge in [-0.15, -0.1) is 0 Å². The molecule has 1 heterocycles. The molecule has 0 aromatic carbocycles. The predicted octanol–water partition coefficient (Wildman–Crippen LogP) is 1.07. The molecule has 1 aromatic heterocycles. The molecule has 80 valence electrons. The summed E-state index contributed by atoms with van der Waals surface area (Å²) in [5, 5.41) is 8.64. The Morgan fingerprint density at radius 3 is 2.87 bits per heavy atom. The highest BCUT2D eigenvalue weighted by Crippen LogP contribution is 2.11. The van der Waals surface area contributed by atoms with Crippen molar-refractivity contribution in [2.24, 2.45) is 7.05 Å². The molecule has 1 aromatic rings. The minimum atomic E-state index is -0.700. The first-order chi connectivity index (χ1) is 7.08. The Morgan fingerprint density at radius 2 is 2.47 bits per heavy atom. The highest BCUT2D eigenvalue weighted by Gasteiger charge is 2.16. The number of carbonyl (C=O) groups is 1. The van der Waals surface area contributed by atoms with Crippen LogP contribution in [0.5, 0.6) is 0 Å². The molecule has 1 rings (SSSR count). The molecule has 0 bridgehead atoms. The van der Waals surface area contributed by atoms with E-state index in [2.05, 4.69) is 0 Å². The summed E-state index contributed by atoms with van der Waals surface area (Å²) in [6.45, 7) is 1.78. The molecule has 5 nitrogen and oxygen atoms in total.